The second-order valence-corrected chi connectivity index (χ2v) is 10.4. The minimum atomic E-state index is 0. The molecule has 2 fully saturated rings. The Labute approximate surface area is 277 Å². The first kappa shape index (κ1) is 38.8. The van der Waals surface area contributed by atoms with Crippen LogP contribution in [0.3, 0.4) is 0 Å². The predicted molar refractivity (Wildman–Crippen MR) is 175 cm³/mol. The topological polar surface area (TPSA) is 0 Å². The van der Waals surface area contributed by atoms with Crippen LogP contribution in [0.4, 0.5) is 0 Å². The van der Waals surface area contributed by atoms with Crippen LogP contribution in [0.1, 0.15) is 0 Å². The number of hydrogen-bond donors (Lipinski definition) is 0. The van der Waals surface area contributed by atoms with E-state index in [1.54, 1.807) is 0 Å². The van der Waals surface area contributed by atoms with Crippen LogP contribution in [0.15, 0.2) is 134 Å². The van der Waals surface area contributed by atoms with Gasteiger partial charge in [0.1, 0.15) is 0 Å². The maximum Gasteiger partial charge on any atom is 2.00 e. The molecular formula is C36H36NbP2Rh+2. The molecule has 0 spiro atoms. The monoisotopic (exact) mass is 726 g/mol. The first-order valence-electron chi connectivity index (χ1n) is 12.5. The molecule has 4 aromatic rings. The summed E-state index contributed by atoms with van der Waals surface area (Å²) in [7, 11) is 1.55. The standard InChI is InChI=1S/2C12H11P.2C5H5.C2H4.Nb.Rh/c2*1-3-7-11(8-4-1)13-12-9-5-2-6-10-12;2*1-2-4-5-3-1;1-2;;/h2*1-10,13H;2*1-5H;1-2H2;;/q;;;;;+2;. The number of benzene rings is 4. The molecule has 2 aliphatic rings. The van der Waals surface area contributed by atoms with E-state index in [0.717, 1.165) is 17.2 Å². The van der Waals surface area contributed by atoms with Gasteiger partial charge < -0.3 is 0 Å². The molecule has 0 bridgehead atoms. The van der Waals surface area contributed by atoms with Gasteiger partial charge in [-0.25, -0.2) is 0 Å². The molecule has 0 aromatic heterocycles. The maximum atomic E-state index is 3.00. The molecule has 0 aliphatic heterocycles. The normalized spacial score (nSPS) is 12.5. The van der Waals surface area contributed by atoms with Gasteiger partial charge in [0, 0.05) is 19.5 Å². The summed E-state index contributed by atoms with van der Waals surface area (Å²) in [5.74, 6) is 0. The van der Waals surface area contributed by atoms with Crippen molar-refractivity contribution in [3.8, 4) is 0 Å². The minimum absolute atomic E-state index is 0. The van der Waals surface area contributed by atoms with Crippen LogP contribution >= 0.6 is 17.2 Å². The van der Waals surface area contributed by atoms with Crippen LogP contribution in [-0.2, 0) is 41.9 Å². The number of rotatable bonds is 4. The van der Waals surface area contributed by atoms with Gasteiger partial charge in [0.25, 0.3) is 0 Å². The van der Waals surface area contributed by atoms with E-state index in [-0.39, 0.29) is 41.9 Å². The van der Waals surface area contributed by atoms with Crippen LogP contribution < -0.4 is 21.2 Å². The fourth-order valence-corrected chi connectivity index (χ4v) is 5.16. The zero-order valence-electron chi connectivity index (χ0n) is 22.5. The van der Waals surface area contributed by atoms with Crippen molar-refractivity contribution >= 4 is 38.4 Å². The molecule has 0 saturated heterocycles. The maximum absolute atomic E-state index is 3.00. The fourth-order valence-electron chi connectivity index (χ4n) is 3.06. The van der Waals surface area contributed by atoms with E-state index in [4.69, 9.17) is 0 Å². The van der Waals surface area contributed by atoms with Crippen molar-refractivity contribution in [3.63, 3.8) is 0 Å². The van der Waals surface area contributed by atoms with E-state index in [2.05, 4.69) is 134 Å². The Morgan fingerprint density at radius 3 is 0.600 bits per heavy atom. The van der Waals surface area contributed by atoms with Crippen molar-refractivity contribution in [1.82, 2.24) is 0 Å². The van der Waals surface area contributed by atoms with Crippen LogP contribution in [0.2, 0.25) is 0 Å². The van der Waals surface area contributed by atoms with Crippen molar-refractivity contribution in [2.45, 2.75) is 0 Å². The molecule has 12 radical (unpaired) electrons. The summed E-state index contributed by atoms with van der Waals surface area (Å²) in [5, 5.41) is 5.59. The fraction of sp³-hybridized carbons (Fsp3) is 0. The van der Waals surface area contributed by atoms with Crippen LogP contribution in [-0.4, -0.2) is 0 Å². The van der Waals surface area contributed by atoms with E-state index in [1.807, 2.05) is 64.2 Å². The molecule has 2 saturated carbocycles. The van der Waals surface area contributed by atoms with E-state index < -0.39 is 0 Å². The van der Waals surface area contributed by atoms with Gasteiger partial charge in [-0.3, -0.25) is 0 Å². The minimum Gasteiger partial charge on any atom is -0.106 e. The summed E-state index contributed by atoms with van der Waals surface area (Å²) in [5.41, 5.74) is 0. The van der Waals surface area contributed by atoms with Gasteiger partial charge in [-0.05, 0) is 85.4 Å². The van der Waals surface area contributed by atoms with Gasteiger partial charge in [0.2, 0.25) is 0 Å². The molecule has 40 heavy (non-hydrogen) atoms. The third kappa shape index (κ3) is 19.8. The summed E-state index contributed by atoms with van der Waals surface area (Å²) in [6.45, 7) is 6.00. The molecule has 0 nitrogen and oxygen atoms in total. The van der Waals surface area contributed by atoms with E-state index in [9.17, 15) is 0 Å². The van der Waals surface area contributed by atoms with E-state index >= 15 is 0 Å². The van der Waals surface area contributed by atoms with Gasteiger partial charge in [-0.15, -0.1) is 13.2 Å². The van der Waals surface area contributed by atoms with E-state index in [1.165, 1.54) is 21.2 Å². The molecule has 0 heterocycles. The van der Waals surface area contributed by atoms with Gasteiger partial charge in [0.05, 0.1) is 0 Å². The van der Waals surface area contributed by atoms with E-state index in [0.29, 0.717) is 0 Å². The zero-order chi connectivity index (χ0) is 26.9. The zero-order valence-corrected chi connectivity index (χ0v) is 28.4. The Morgan fingerprint density at radius 1 is 0.300 bits per heavy atom. The first-order valence-corrected chi connectivity index (χ1v) is 14.5. The van der Waals surface area contributed by atoms with Gasteiger partial charge >= 0.3 is 22.4 Å². The second-order valence-electron chi connectivity index (χ2n) is 7.64. The Morgan fingerprint density at radius 2 is 0.450 bits per heavy atom. The molecule has 0 amide bonds. The first-order chi connectivity index (χ1) is 18.9. The Balaban J connectivity index is 0.000000526. The molecule has 4 heteroatoms. The summed E-state index contributed by atoms with van der Waals surface area (Å²) in [6.07, 6.45) is 20.0. The molecule has 0 unspecified atom stereocenters. The molecule has 0 N–H and O–H groups in total. The predicted octanol–water partition coefficient (Wildman–Crippen LogP) is 7.47. The number of hydrogen-bond acceptors (Lipinski definition) is 0. The Kier molecular flexibility index (Phi) is 27.2. The van der Waals surface area contributed by atoms with Crippen LogP contribution in [0.5, 0.6) is 0 Å². The van der Waals surface area contributed by atoms with Crippen molar-refractivity contribution in [2.24, 2.45) is 0 Å². The summed E-state index contributed by atoms with van der Waals surface area (Å²) in [6, 6.07) is 42.3. The average Bonchev–Trinajstić information content (AvgIpc) is 3.77. The van der Waals surface area contributed by atoms with Crippen molar-refractivity contribution < 1.29 is 41.9 Å². The Bertz CT molecular complexity index is 862. The second kappa shape index (κ2) is 28.0. The molecule has 202 valence electrons. The molecule has 6 rings (SSSR count). The van der Waals surface area contributed by atoms with Crippen molar-refractivity contribution in [3.05, 3.63) is 199 Å². The van der Waals surface area contributed by atoms with Gasteiger partial charge in [-0.2, -0.15) is 0 Å². The van der Waals surface area contributed by atoms with Crippen molar-refractivity contribution in [2.75, 3.05) is 0 Å². The summed E-state index contributed by atoms with van der Waals surface area (Å²) < 4.78 is 0. The summed E-state index contributed by atoms with van der Waals surface area (Å²) in [4.78, 5) is 0. The largest absolute Gasteiger partial charge is 2.00 e. The third-order valence-corrected chi connectivity index (χ3v) is 7.27. The molecular weight excluding hydrogens is 690 g/mol. The Hall–Kier alpha value is -1.16. The summed E-state index contributed by atoms with van der Waals surface area (Å²) >= 11 is 0. The van der Waals surface area contributed by atoms with Crippen LogP contribution in [0, 0.1) is 64.2 Å². The average molecular weight is 726 g/mol. The SMILES string of the molecule is C=C.[CH]1[CH][CH][CH][CH]1.[CH]1[CH][CH][CH][CH]1.[Nb+2].[Rh].c1ccc(Pc2ccccc2)cc1.c1ccc(Pc2ccccc2)cc1. The van der Waals surface area contributed by atoms with Gasteiger partial charge in [-0.1, -0.05) is 138 Å². The molecule has 4 aromatic carbocycles. The van der Waals surface area contributed by atoms with Gasteiger partial charge in [0.15, 0.2) is 0 Å². The third-order valence-electron chi connectivity index (χ3n) is 4.78. The van der Waals surface area contributed by atoms with Crippen LogP contribution in [0.25, 0.3) is 0 Å². The molecule has 2 aliphatic carbocycles. The van der Waals surface area contributed by atoms with Crippen molar-refractivity contribution in [1.29, 1.82) is 0 Å². The smallest absolute Gasteiger partial charge is 0.106 e. The quantitative estimate of drug-likeness (QED) is 0.116. The molecule has 0 atom stereocenters.